The number of carbonyl (C=O) groups excluding carboxylic acids is 1. The topological polar surface area (TPSA) is 79.1 Å². The molecule has 2 aliphatic rings. The zero-order chi connectivity index (χ0) is 18.1. The number of aliphatic hydroxyl groups excluding tert-OH is 1. The fourth-order valence-corrected chi connectivity index (χ4v) is 4.08. The second kappa shape index (κ2) is 7.34. The van der Waals surface area contributed by atoms with E-state index < -0.39 is 6.10 Å². The molecule has 2 N–H and O–H groups in total. The number of aliphatic hydroxyl groups is 1. The van der Waals surface area contributed by atoms with Crippen LogP contribution in [0.3, 0.4) is 0 Å². The van der Waals surface area contributed by atoms with Crippen molar-refractivity contribution in [3.8, 4) is 0 Å². The monoisotopic (exact) mass is 358 g/mol. The van der Waals surface area contributed by atoms with Gasteiger partial charge >= 0.3 is 0 Å². The lowest BCUT2D eigenvalue weighted by molar-refractivity contribution is -0.0459. The van der Waals surface area contributed by atoms with E-state index in [0.717, 1.165) is 43.6 Å². The van der Waals surface area contributed by atoms with E-state index in [4.69, 9.17) is 4.74 Å². The van der Waals surface area contributed by atoms with Crippen LogP contribution in [0.25, 0.3) is 5.65 Å². The number of aromatic nitrogens is 2. The highest BCUT2D eigenvalue weighted by atomic mass is 16.5. The largest absolute Gasteiger partial charge is 0.389 e. The summed E-state index contributed by atoms with van der Waals surface area (Å²) in [5.74, 6) is -0.224. The highest BCUT2D eigenvalue weighted by molar-refractivity contribution is 5.93. The predicted octanol–water partition coefficient (Wildman–Crippen LogP) is 0.987. The Bertz CT molecular complexity index is 784. The van der Waals surface area contributed by atoms with Crippen LogP contribution in [-0.2, 0) is 4.74 Å². The first-order chi connectivity index (χ1) is 12.6. The van der Waals surface area contributed by atoms with Crippen molar-refractivity contribution in [2.24, 2.45) is 0 Å². The Hall–Kier alpha value is -1.96. The fraction of sp³-hybridized carbons (Fsp3) is 0.579. The molecule has 1 saturated heterocycles. The van der Waals surface area contributed by atoms with Crippen LogP contribution in [0.2, 0.25) is 0 Å². The summed E-state index contributed by atoms with van der Waals surface area (Å²) in [6, 6.07) is 3.72. The number of hydrogen-bond acceptors (Lipinski definition) is 5. The summed E-state index contributed by atoms with van der Waals surface area (Å²) in [6.07, 6.45) is 5.87. The van der Waals surface area contributed by atoms with Crippen molar-refractivity contribution in [2.75, 3.05) is 26.3 Å². The van der Waals surface area contributed by atoms with Crippen LogP contribution in [0.4, 0.5) is 0 Å². The van der Waals surface area contributed by atoms with Crippen LogP contribution >= 0.6 is 0 Å². The van der Waals surface area contributed by atoms with Crippen LogP contribution in [0.5, 0.6) is 0 Å². The van der Waals surface area contributed by atoms with Gasteiger partial charge in [-0.05, 0) is 37.8 Å². The van der Waals surface area contributed by atoms with Gasteiger partial charge in [0.1, 0.15) is 11.3 Å². The van der Waals surface area contributed by atoms with E-state index in [1.165, 1.54) is 0 Å². The van der Waals surface area contributed by atoms with Crippen molar-refractivity contribution in [3.63, 3.8) is 0 Å². The van der Waals surface area contributed by atoms with E-state index in [-0.39, 0.29) is 18.0 Å². The van der Waals surface area contributed by atoms with Gasteiger partial charge in [0.05, 0.1) is 25.4 Å². The summed E-state index contributed by atoms with van der Waals surface area (Å²) >= 11 is 0. The molecule has 1 aliphatic carbocycles. The average molecular weight is 358 g/mol. The quantitative estimate of drug-likeness (QED) is 0.855. The zero-order valence-electron chi connectivity index (χ0n) is 15.1. The molecule has 2 fully saturated rings. The van der Waals surface area contributed by atoms with Gasteiger partial charge in [0, 0.05) is 31.5 Å². The van der Waals surface area contributed by atoms with Crippen molar-refractivity contribution in [1.29, 1.82) is 0 Å². The minimum Gasteiger partial charge on any atom is -0.389 e. The highest BCUT2D eigenvalue weighted by Gasteiger charge is 2.37. The van der Waals surface area contributed by atoms with E-state index >= 15 is 0 Å². The number of nitrogens with one attached hydrogen (secondary N) is 1. The van der Waals surface area contributed by atoms with Crippen molar-refractivity contribution in [1.82, 2.24) is 19.6 Å². The fourth-order valence-electron chi connectivity index (χ4n) is 4.08. The molecule has 3 atom stereocenters. The molecule has 0 radical (unpaired) electrons. The van der Waals surface area contributed by atoms with Crippen LogP contribution in [0.1, 0.15) is 35.3 Å². The third kappa shape index (κ3) is 3.47. The van der Waals surface area contributed by atoms with E-state index in [0.29, 0.717) is 18.9 Å². The van der Waals surface area contributed by atoms with Crippen LogP contribution < -0.4 is 5.32 Å². The number of rotatable bonds is 3. The van der Waals surface area contributed by atoms with E-state index in [1.807, 2.05) is 29.7 Å². The molecule has 0 spiro atoms. The first kappa shape index (κ1) is 17.5. The molecule has 0 bridgehead atoms. The number of fused-ring (bicyclic) bond motifs is 1. The molecule has 2 aromatic heterocycles. The Morgan fingerprint density at radius 2 is 2.08 bits per heavy atom. The van der Waals surface area contributed by atoms with Gasteiger partial charge in [-0.25, -0.2) is 4.98 Å². The van der Waals surface area contributed by atoms with Gasteiger partial charge in [-0.1, -0.05) is 6.07 Å². The van der Waals surface area contributed by atoms with Gasteiger partial charge in [0.15, 0.2) is 0 Å². The Morgan fingerprint density at radius 3 is 2.88 bits per heavy atom. The van der Waals surface area contributed by atoms with Gasteiger partial charge in [-0.2, -0.15) is 0 Å². The Morgan fingerprint density at radius 1 is 1.27 bits per heavy atom. The Balaban J connectivity index is 1.45. The van der Waals surface area contributed by atoms with E-state index in [1.54, 1.807) is 6.20 Å². The molecule has 2 aromatic rings. The Kier molecular flexibility index (Phi) is 4.93. The van der Waals surface area contributed by atoms with Crippen LogP contribution in [0, 0.1) is 6.92 Å². The maximum absolute atomic E-state index is 12.7. The minimum atomic E-state index is -0.565. The summed E-state index contributed by atoms with van der Waals surface area (Å²) in [5, 5.41) is 13.8. The molecular weight excluding hydrogens is 332 g/mol. The number of amides is 1. The molecule has 7 nitrogen and oxygen atoms in total. The summed E-state index contributed by atoms with van der Waals surface area (Å²) in [4.78, 5) is 19.4. The molecule has 1 amide bonds. The number of hydrogen-bond donors (Lipinski definition) is 2. The lowest BCUT2D eigenvalue weighted by atomic mass is 9.86. The SMILES string of the molecule is Cc1ccc2nc(C(=O)N[C@@H]3CCC[C@@H](N4CCOCC4)[C@@H]3O)cn2c1. The first-order valence-electron chi connectivity index (χ1n) is 9.38. The van der Waals surface area contributed by atoms with Crippen molar-refractivity contribution in [3.05, 3.63) is 35.8 Å². The van der Waals surface area contributed by atoms with E-state index in [2.05, 4.69) is 15.2 Å². The van der Waals surface area contributed by atoms with Crippen molar-refractivity contribution in [2.45, 2.75) is 44.4 Å². The molecule has 140 valence electrons. The third-order valence-corrected chi connectivity index (χ3v) is 5.48. The maximum Gasteiger partial charge on any atom is 0.271 e. The lowest BCUT2D eigenvalue weighted by Gasteiger charge is -2.42. The normalized spacial score (nSPS) is 27.5. The van der Waals surface area contributed by atoms with E-state index in [9.17, 15) is 9.90 Å². The van der Waals surface area contributed by atoms with Gasteiger partial charge in [0.25, 0.3) is 5.91 Å². The molecule has 4 rings (SSSR count). The number of aryl methyl sites for hydroxylation is 1. The third-order valence-electron chi connectivity index (χ3n) is 5.48. The number of imidazole rings is 1. The number of nitrogens with zero attached hydrogens (tertiary/aromatic N) is 3. The summed E-state index contributed by atoms with van der Waals surface area (Å²) in [5.41, 5.74) is 2.24. The van der Waals surface area contributed by atoms with Gasteiger partial charge in [-0.3, -0.25) is 9.69 Å². The second-order valence-corrected chi connectivity index (χ2v) is 7.32. The van der Waals surface area contributed by atoms with Gasteiger partial charge in [0.2, 0.25) is 0 Å². The first-order valence-corrected chi connectivity index (χ1v) is 9.38. The van der Waals surface area contributed by atoms with Crippen molar-refractivity contribution < 1.29 is 14.6 Å². The standard InChI is InChI=1S/C19H26N4O3/c1-13-5-6-17-20-15(12-23(17)11-13)19(25)21-14-3-2-4-16(18(14)24)22-7-9-26-10-8-22/h5-6,11-12,14,16,18,24H,2-4,7-10H2,1H3,(H,21,25)/t14-,16-,18-/m1/s1. The molecule has 0 aromatic carbocycles. The minimum absolute atomic E-state index is 0.0849. The summed E-state index contributed by atoms with van der Waals surface area (Å²) in [7, 11) is 0. The van der Waals surface area contributed by atoms with Crippen molar-refractivity contribution >= 4 is 11.6 Å². The Labute approximate surface area is 153 Å². The number of morpholine rings is 1. The predicted molar refractivity (Wildman–Crippen MR) is 97.2 cm³/mol. The molecule has 7 heteroatoms. The van der Waals surface area contributed by atoms with Crippen LogP contribution in [0.15, 0.2) is 24.5 Å². The number of pyridine rings is 1. The molecular formula is C19H26N4O3. The lowest BCUT2D eigenvalue weighted by Crippen LogP contribution is -2.58. The molecule has 1 saturated carbocycles. The maximum atomic E-state index is 12.7. The number of carbonyl (C=O) groups is 1. The molecule has 3 heterocycles. The summed E-state index contributed by atoms with van der Waals surface area (Å²) in [6.45, 7) is 5.10. The molecule has 26 heavy (non-hydrogen) atoms. The molecule has 0 unspecified atom stereocenters. The van der Waals surface area contributed by atoms with Crippen LogP contribution in [-0.4, -0.2) is 69.8 Å². The summed E-state index contributed by atoms with van der Waals surface area (Å²) < 4.78 is 7.27. The molecule has 1 aliphatic heterocycles. The highest BCUT2D eigenvalue weighted by Crippen LogP contribution is 2.25. The smallest absolute Gasteiger partial charge is 0.271 e. The van der Waals surface area contributed by atoms with Gasteiger partial charge < -0.3 is 19.6 Å². The average Bonchev–Trinajstić information content (AvgIpc) is 3.07. The second-order valence-electron chi connectivity index (χ2n) is 7.32. The van der Waals surface area contributed by atoms with Gasteiger partial charge in [-0.15, -0.1) is 0 Å². The number of ether oxygens (including phenoxy) is 1. The zero-order valence-corrected chi connectivity index (χ0v) is 15.1.